The average molecular weight is 251 g/mol. The summed E-state index contributed by atoms with van der Waals surface area (Å²) in [5.74, 6) is 0.668. The van der Waals surface area contributed by atoms with Crippen LogP contribution in [-0.2, 0) is 6.54 Å². The first kappa shape index (κ1) is 13.1. The van der Waals surface area contributed by atoms with E-state index in [1.807, 2.05) is 0 Å². The van der Waals surface area contributed by atoms with E-state index in [0.29, 0.717) is 12.5 Å². The summed E-state index contributed by atoms with van der Waals surface area (Å²) in [5.41, 5.74) is -0.121. The van der Waals surface area contributed by atoms with Gasteiger partial charge in [-0.1, -0.05) is 13.8 Å². The minimum Gasteiger partial charge on any atom is -0.470 e. The third kappa shape index (κ3) is 3.32. The summed E-state index contributed by atoms with van der Waals surface area (Å²) >= 11 is 0. The van der Waals surface area contributed by atoms with E-state index in [4.69, 9.17) is 4.74 Å². The fraction of sp³-hybridized carbons (Fsp3) is 0.692. The second kappa shape index (κ2) is 6.00. The Hall–Kier alpha value is -1.36. The van der Waals surface area contributed by atoms with Crippen molar-refractivity contribution in [2.75, 3.05) is 13.1 Å². The number of hydrogen-bond donors (Lipinski definition) is 1. The van der Waals surface area contributed by atoms with Crippen molar-refractivity contribution in [2.24, 2.45) is 5.92 Å². The van der Waals surface area contributed by atoms with Crippen LogP contribution in [0.2, 0.25) is 0 Å². The number of rotatable bonds is 4. The van der Waals surface area contributed by atoms with Crippen LogP contribution in [0.5, 0.6) is 5.88 Å². The van der Waals surface area contributed by atoms with Crippen molar-refractivity contribution in [2.45, 2.75) is 39.3 Å². The summed E-state index contributed by atoms with van der Waals surface area (Å²) in [6, 6.07) is 0. The zero-order valence-electron chi connectivity index (χ0n) is 11.1. The molecular weight excluding hydrogens is 230 g/mol. The minimum atomic E-state index is -0.121. The molecule has 0 amide bonds. The number of piperidine rings is 1. The molecule has 1 N–H and O–H groups in total. The molecule has 0 radical (unpaired) electrons. The Morgan fingerprint density at radius 1 is 1.50 bits per heavy atom. The summed E-state index contributed by atoms with van der Waals surface area (Å²) in [7, 11) is 0. The molecule has 0 bridgehead atoms. The van der Waals surface area contributed by atoms with Gasteiger partial charge in [-0.25, -0.2) is 4.98 Å². The Morgan fingerprint density at radius 2 is 2.22 bits per heavy atom. The van der Waals surface area contributed by atoms with Crippen LogP contribution in [0, 0.1) is 5.92 Å². The highest BCUT2D eigenvalue weighted by Gasteiger charge is 2.17. The van der Waals surface area contributed by atoms with Gasteiger partial charge in [0.05, 0.1) is 0 Å². The van der Waals surface area contributed by atoms with Crippen LogP contribution in [0.15, 0.2) is 17.2 Å². The predicted octanol–water partition coefficient (Wildman–Crippen LogP) is 1.03. The fourth-order valence-corrected chi connectivity index (χ4v) is 2.12. The monoisotopic (exact) mass is 251 g/mol. The number of aromatic nitrogens is 2. The maximum absolute atomic E-state index is 12.1. The number of nitrogens with one attached hydrogen (secondary N) is 1. The summed E-state index contributed by atoms with van der Waals surface area (Å²) in [4.78, 5) is 16.2. The van der Waals surface area contributed by atoms with Crippen LogP contribution in [0.4, 0.5) is 0 Å². The normalized spacial score (nSPS) is 17.1. The third-order valence-electron chi connectivity index (χ3n) is 3.01. The Labute approximate surface area is 107 Å². The smallest absolute Gasteiger partial charge is 0.313 e. The van der Waals surface area contributed by atoms with Gasteiger partial charge in [-0.05, 0) is 31.8 Å². The van der Waals surface area contributed by atoms with Gasteiger partial charge in [-0.2, -0.15) is 0 Å². The molecule has 2 heterocycles. The Balaban J connectivity index is 2.10. The van der Waals surface area contributed by atoms with Gasteiger partial charge in [-0.3, -0.25) is 4.79 Å². The molecule has 0 unspecified atom stereocenters. The standard InChI is InChI=1S/C13H21N3O2/c1-10(2)9-16-8-7-15-12(13(16)17)18-11-3-5-14-6-4-11/h7-8,10-11,14H,3-6,9H2,1-2H3. The topological polar surface area (TPSA) is 56.1 Å². The molecule has 0 spiro atoms. The van der Waals surface area contributed by atoms with E-state index >= 15 is 0 Å². The summed E-state index contributed by atoms with van der Waals surface area (Å²) in [6.07, 6.45) is 5.33. The highest BCUT2D eigenvalue weighted by atomic mass is 16.5. The minimum absolute atomic E-state index is 0.112. The summed E-state index contributed by atoms with van der Waals surface area (Å²) < 4.78 is 7.40. The fourth-order valence-electron chi connectivity index (χ4n) is 2.12. The lowest BCUT2D eigenvalue weighted by molar-refractivity contribution is 0.152. The van der Waals surface area contributed by atoms with Crippen LogP contribution in [0.3, 0.4) is 0 Å². The van der Waals surface area contributed by atoms with Gasteiger partial charge in [0.2, 0.25) is 0 Å². The van der Waals surface area contributed by atoms with Crippen molar-refractivity contribution < 1.29 is 4.74 Å². The first-order valence-electron chi connectivity index (χ1n) is 6.59. The molecule has 18 heavy (non-hydrogen) atoms. The van der Waals surface area contributed by atoms with Gasteiger partial charge in [0, 0.05) is 18.9 Å². The molecule has 0 atom stereocenters. The summed E-state index contributed by atoms with van der Waals surface area (Å²) in [5, 5.41) is 3.27. The molecule has 2 rings (SSSR count). The second-order valence-electron chi connectivity index (χ2n) is 5.15. The average Bonchev–Trinajstić information content (AvgIpc) is 2.35. The molecule has 1 aliphatic heterocycles. The quantitative estimate of drug-likeness (QED) is 0.868. The van der Waals surface area contributed by atoms with E-state index < -0.39 is 0 Å². The highest BCUT2D eigenvalue weighted by Crippen LogP contribution is 2.10. The van der Waals surface area contributed by atoms with E-state index in [0.717, 1.165) is 25.9 Å². The molecule has 0 aliphatic carbocycles. The van der Waals surface area contributed by atoms with Gasteiger partial charge in [0.1, 0.15) is 6.10 Å². The lowest BCUT2D eigenvalue weighted by Gasteiger charge is -2.23. The number of nitrogens with zero attached hydrogens (tertiary/aromatic N) is 2. The first-order chi connectivity index (χ1) is 8.66. The van der Waals surface area contributed by atoms with Crippen molar-refractivity contribution >= 4 is 0 Å². The lowest BCUT2D eigenvalue weighted by atomic mass is 10.1. The van der Waals surface area contributed by atoms with Crippen molar-refractivity contribution in [1.82, 2.24) is 14.9 Å². The maximum atomic E-state index is 12.1. The van der Waals surface area contributed by atoms with E-state index in [1.54, 1.807) is 17.0 Å². The zero-order chi connectivity index (χ0) is 13.0. The van der Waals surface area contributed by atoms with Gasteiger partial charge in [-0.15, -0.1) is 0 Å². The van der Waals surface area contributed by atoms with Crippen LogP contribution in [0.1, 0.15) is 26.7 Å². The van der Waals surface area contributed by atoms with Crippen LogP contribution >= 0.6 is 0 Å². The molecule has 1 fully saturated rings. The molecule has 1 aliphatic rings. The highest BCUT2D eigenvalue weighted by molar-refractivity contribution is 5.05. The maximum Gasteiger partial charge on any atom is 0.313 e. The third-order valence-corrected chi connectivity index (χ3v) is 3.01. The van der Waals surface area contributed by atoms with E-state index in [-0.39, 0.29) is 17.5 Å². The second-order valence-corrected chi connectivity index (χ2v) is 5.15. The molecule has 5 heteroatoms. The lowest BCUT2D eigenvalue weighted by Crippen LogP contribution is -2.36. The van der Waals surface area contributed by atoms with Crippen molar-refractivity contribution in [3.63, 3.8) is 0 Å². The molecule has 1 saturated heterocycles. The summed E-state index contributed by atoms with van der Waals surface area (Å²) in [6.45, 7) is 6.75. The van der Waals surface area contributed by atoms with E-state index in [9.17, 15) is 4.79 Å². The largest absolute Gasteiger partial charge is 0.470 e. The number of ether oxygens (including phenoxy) is 1. The Bertz CT molecular complexity index is 436. The molecule has 1 aromatic rings. The van der Waals surface area contributed by atoms with Gasteiger partial charge in [0.25, 0.3) is 5.88 Å². The zero-order valence-corrected chi connectivity index (χ0v) is 11.1. The molecule has 0 aromatic carbocycles. The first-order valence-corrected chi connectivity index (χ1v) is 6.59. The molecule has 100 valence electrons. The Kier molecular flexibility index (Phi) is 4.36. The molecule has 5 nitrogen and oxygen atoms in total. The molecule has 0 saturated carbocycles. The van der Waals surface area contributed by atoms with Crippen molar-refractivity contribution in [1.29, 1.82) is 0 Å². The SMILES string of the molecule is CC(C)Cn1ccnc(OC2CCNCC2)c1=O. The van der Waals surface area contributed by atoms with Crippen molar-refractivity contribution in [3.8, 4) is 5.88 Å². The molecule has 1 aromatic heterocycles. The molecular formula is C13H21N3O2. The van der Waals surface area contributed by atoms with Gasteiger partial charge in [0.15, 0.2) is 0 Å². The predicted molar refractivity (Wildman–Crippen MR) is 69.9 cm³/mol. The van der Waals surface area contributed by atoms with Crippen molar-refractivity contribution in [3.05, 3.63) is 22.7 Å². The van der Waals surface area contributed by atoms with Gasteiger partial charge >= 0.3 is 5.56 Å². The van der Waals surface area contributed by atoms with Crippen LogP contribution in [0.25, 0.3) is 0 Å². The van der Waals surface area contributed by atoms with Crippen LogP contribution < -0.4 is 15.6 Å². The van der Waals surface area contributed by atoms with Crippen LogP contribution in [-0.4, -0.2) is 28.7 Å². The number of hydrogen-bond acceptors (Lipinski definition) is 4. The Morgan fingerprint density at radius 3 is 2.89 bits per heavy atom. The van der Waals surface area contributed by atoms with Gasteiger partial charge < -0.3 is 14.6 Å². The van der Waals surface area contributed by atoms with E-state index in [2.05, 4.69) is 24.1 Å². The van der Waals surface area contributed by atoms with E-state index in [1.165, 1.54) is 0 Å².